The minimum atomic E-state index is -0.309. The second-order valence-corrected chi connectivity index (χ2v) is 10.5. The Hall–Kier alpha value is -4.30. The zero-order chi connectivity index (χ0) is 27.8. The summed E-state index contributed by atoms with van der Waals surface area (Å²) in [6.45, 7) is 6.28. The Morgan fingerprint density at radius 2 is 1.60 bits per heavy atom. The minimum Gasteiger partial charge on any atom is -0.352 e. The number of nitrogens with zero attached hydrogens (tertiary/aromatic N) is 6. The average molecular weight is 555 g/mol. The Bertz CT molecular complexity index is 1690. The monoisotopic (exact) mass is 554 g/mol. The van der Waals surface area contributed by atoms with Gasteiger partial charge in [-0.15, -0.1) is 0 Å². The molecule has 2 aromatic heterocycles. The van der Waals surface area contributed by atoms with Crippen LogP contribution < -0.4 is 4.90 Å². The summed E-state index contributed by atoms with van der Waals surface area (Å²) in [6, 6.07) is 21.7. The van der Waals surface area contributed by atoms with Gasteiger partial charge < -0.3 is 9.80 Å². The molecule has 0 unspecified atom stereocenters. The molecule has 3 aromatic carbocycles. The van der Waals surface area contributed by atoms with E-state index in [1.807, 2.05) is 24.0 Å². The first-order valence-corrected chi connectivity index (χ1v) is 13.6. The molecular formula is C31H28ClFN6O. The van der Waals surface area contributed by atoms with Crippen molar-refractivity contribution < 1.29 is 9.18 Å². The van der Waals surface area contributed by atoms with Crippen LogP contribution in [-0.2, 0) is 6.42 Å². The molecule has 0 atom stereocenters. The molecule has 0 aliphatic carbocycles. The predicted octanol–water partition coefficient (Wildman–Crippen LogP) is 5.78. The summed E-state index contributed by atoms with van der Waals surface area (Å²) in [5.74, 6) is 1.09. The highest BCUT2D eigenvalue weighted by atomic mass is 35.5. The fourth-order valence-electron chi connectivity index (χ4n) is 5.09. The molecule has 0 radical (unpaired) electrons. The molecule has 0 spiro atoms. The van der Waals surface area contributed by atoms with Gasteiger partial charge in [0.15, 0.2) is 5.65 Å². The van der Waals surface area contributed by atoms with E-state index in [9.17, 15) is 9.18 Å². The van der Waals surface area contributed by atoms with Crippen molar-refractivity contribution in [2.24, 2.45) is 0 Å². The fourth-order valence-corrected chi connectivity index (χ4v) is 5.31. The summed E-state index contributed by atoms with van der Waals surface area (Å²) in [5.41, 5.74) is 4.99. The maximum atomic E-state index is 13.7. The molecule has 9 heteroatoms. The molecule has 1 aliphatic rings. The zero-order valence-electron chi connectivity index (χ0n) is 22.3. The second kappa shape index (κ2) is 10.7. The van der Waals surface area contributed by atoms with Crippen LogP contribution in [0.5, 0.6) is 0 Å². The van der Waals surface area contributed by atoms with Crippen LogP contribution in [0.4, 0.5) is 10.2 Å². The Balaban J connectivity index is 1.37. The van der Waals surface area contributed by atoms with Gasteiger partial charge >= 0.3 is 0 Å². The molecule has 40 heavy (non-hydrogen) atoms. The molecule has 7 nitrogen and oxygen atoms in total. The smallest absolute Gasteiger partial charge is 0.255 e. The molecule has 6 rings (SSSR count). The van der Waals surface area contributed by atoms with Gasteiger partial charge in [0.05, 0.1) is 27.4 Å². The standard InChI is InChI=1S/C31H28ClFN6O/c1-20-7-9-22(10-8-20)19-27-34-29(28-21(2)36-39(30(28)35-27)24-13-11-23(33)12-14-24)37-15-17-38(18-16-37)31(40)25-5-3-4-6-26(25)32/h3-14H,15-19H2,1-2H3. The van der Waals surface area contributed by atoms with Crippen LogP contribution in [0.1, 0.15) is 33.0 Å². The largest absolute Gasteiger partial charge is 0.352 e. The highest BCUT2D eigenvalue weighted by molar-refractivity contribution is 6.33. The lowest BCUT2D eigenvalue weighted by Gasteiger charge is -2.36. The van der Waals surface area contributed by atoms with Gasteiger partial charge in [-0.3, -0.25) is 4.79 Å². The number of hydrogen-bond acceptors (Lipinski definition) is 5. The van der Waals surface area contributed by atoms with Crippen LogP contribution in [0.3, 0.4) is 0 Å². The first-order chi connectivity index (χ1) is 19.4. The van der Waals surface area contributed by atoms with E-state index in [0.29, 0.717) is 54.7 Å². The van der Waals surface area contributed by atoms with Crippen LogP contribution >= 0.6 is 11.6 Å². The van der Waals surface area contributed by atoms with Crippen LogP contribution in [0, 0.1) is 19.7 Å². The van der Waals surface area contributed by atoms with E-state index < -0.39 is 0 Å². The quantitative estimate of drug-likeness (QED) is 0.276. The Labute approximate surface area is 236 Å². The number of piperazine rings is 1. The van der Waals surface area contributed by atoms with E-state index in [0.717, 1.165) is 28.1 Å². The number of aryl methyl sites for hydroxylation is 2. The van der Waals surface area contributed by atoms with E-state index in [1.165, 1.54) is 17.7 Å². The van der Waals surface area contributed by atoms with Gasteiger partial charge in [-0.1, -0.05) is 53.6 Å². The molecule has 1 aliphatic heterocycles. The SMILES string of the molecule is Cc1ccc(Cc2nc(N3CCN(C(=O)c4ccccc4Cl)CC3)c3c(C)nn(-c4ccc(F)cc4)c3n2)cc1. The summed E-state index contributed by atoms with van der Waals surface area (Å²) >= 11 is 6.29. The molecule has 0 saturated carbocycles. The van der Waals surface area contributed by atoms with Gasteiger partial charge in [-0.25, -0.2) is 19.0 Å². The lowest BCUT2D eigenvalue weighted by molar-refractivity contribution is 0.0746. The normalized spacial score (nSPS) is 13.7. The summed E-state index contributed by atoms with van der Waals surface area (Å²) in [6.07, 6.45) is 0.557. The molecule has 0 N–H and O–H groups in total. The zero-order valence-corrected chi connectivity index (χ0v) is 23.1. The number of anilines is 1. The molecule has 1 amide bonds. The lowest BCUT2D eigenvalue weighted by Crippen LogP contribution is -2.49. The van der Waals surface area contributed by atoms with E-state index in [-0.39, 0.29) is 11.7 Å². The third-order valence-corrected chi connectivity index (χ3v) is 7.58. The number of carbonyl (C=O) groups excluding carboxylic acids is 1. The van der Waals surface area contributed by atoms with Crippen molar-refractivity contribution in [3.05, 3.63) is 112 Å². The van der Waals surface area contributed by atoms with Crippen molar-refractivity contribution in [3.8, 4) is 5.69 Å². The summed E-state index contributed by atoms with van der Waals surface area (Å²) in [5, 5.41) is 6.09. The summed E-state index contributed by atoms with van der Waals surface area (Å²) in [7, 11) is 0. The average Bonchev–Trinajstić information content (AvgIpc) is 3.30. The molecule has 1 fully saturated rings. The highest BCUT2D eigenvalue weighted by Gasteiger charge is 2.27. The van der Waals surface area contributed by atoms with Gasteiger partial charge in [0.1, 0.15) is 17.5 Å². The Morgan fingerprint density at radius 3 is 2.30 bits per heavy atom. The number of carbonyl (C=O) groups is 1. The number of halogens is 2. The number of hydrogen-bond donors (Lipinski definition) is 0. The van der Waals surface area contributed by atoms with Gasteiger partial charge in [0.2, 0.25) is 0 Å². The Morgan fingerprint density at radius 1 is 0.900 bits per heavy atom. The van der Waals surface area contributed by atoms with Gasteiger partial charge in [-0.05, 0) is 55.8 Å². The molecule has 202 valence electrons. The third-order valence-electron chi connectivity index (χ3n) is 7.25. The van der Waals surface area contributed by atoms with Crippen molar-refractivity contribution in [3.63, 3.8) is 0 Å². The van der Waals surface area contributed by atoms with E-state index in [4.69, 9.17) is 26.7 Å². The van der Waals surface area contributed by atoms with Gasteiger partial charge in [0, 0.05) is 32.6 Å². The van der Waals surface area contributed by atoms with Crippen LogP contribution in [0.2, 0.25) is 5.02 Å². The van der Waals surface area contributed by atoms with Crippen LogP contribution in [0.25, 0.3) is 16.7 Å². The van der Waals surface area contributed by atoms with E-state index in [1.54, 1.807) is 28.9 Å². The third kappa shape index (κ3) is 5.02. The molecule has 0 bridgehead atoms. The number of aromatic nitrogens is 4. The van der Waals surface area contributed by atoms with Crippen LogP contribution in [-0.4, -0.2) is 56.7 Å². The second-order valence-electron chi connectivity index (χ2n) is 10.1. The van der Waals surface area contributed by atoms with Gasteiger partial charge in [0.25, 0.3) is 5.91 Å². The first kappa shape index (κ1) is 26.0. The Kier molecular flexibility index (Phi) is 6.94. The topological polar surface area (TPSA) is 67.2 Å². The molecule has 5 aromatic rings. The number of amides is 1. The number of rotatable bonds is 5. The number of fused-ring (bicyclic) bond motifs is 1. The molecule has 3 heterocycles. The van der Waals surface area contributed by atoms with Crippen molar-refractivity contribution in [1.29, 1.82) is 0 Å². The summed E-state index contributed by atoms with van der Waals surface area (Å²) in [4.78, 5) is 27.2. The molecule has 1 saturated heterocycles. The van der Waals surface area contributed by atoms with E-state index in [2.05, 4.69) is 36.1 Å². The van der Waals surface area contributed by atoms with Crippen molar-refractivity contribution in [2.75, 3.05) is 31.1 Å². The first-order valence-electron chi connectivity index (χ1n) is 13.2. The maximum Gasteiger partial charge on any atom is 0.255 e. The maximum absolute atomic E-state index is 13.7. The fraction of sp³-hybridized carbons (Fsp3) is 0.226. The lowest BCUT2D eigenvalue weighted by atomic mass is 10.1. The van der Waals surface area contributed by atoms with Crippen molar-refractivity contribution in [2.45, 2.75) is 20.3 Å². The predicted molar refractivity (Wildman–Crippen MR) is 155 cm³/mol. The van der Waals surface area contributed by atoms with E-state index >= 15 is 0 Å². The van der Waals surface area contributed by atoms with Crippen molar-refractivity contribution >= 4 is 34.4 Å². The molecular weight excluding hydrogens is 527 g/mol. The van der Waals surface area contributed by atoms with Crippen LogP contribution in [0.15, 0.2) is 72.8 Å². The summed E-state index contributed by atoms with van der Waals surface area (Å²) < 4.78 is 15.4. The number of benzene rings is 3. The highest BCUT2D eigenvalue weighted by Crippen LogP contribution is 2.31. The van der Waals surface area contributed by atoms with Crippen molar-refractivity contribution in [1.82, 2.24) is 24.6 Å². The van der Waals surface area contributed by atoms with Gasteiger partial charge in [-0.2, -0.15) is 5.10 Å². The minimum absolute atomic E-state index is 0.0709.